The third kappa shape index (κ3) is 3.87. The molecule has 1 aromatic carbocycles. The van der Waals surface area contributed by atoms with Crippen molar-refractivity contribution in [3.63, 3.8) is 0 Å². The second kappa shape index (κ2) is 7.21. The normalized spacial score (nSPS) is 22.0. The number of carbonyl (C=O) groups excluding carboxylic acids is 1. The van der Waals surface area contributed by atoms with Crippen molar-refractivity contribution >= 4 is 12.0 Å². The van der Waals surface area contributed by atoms with E-state index in [2.05, 4.69) is 11.9 Å². The summed E-state index contributed by atoms with van der Waals surface area (Å²) in [6, 6.07) is 7.24. The van der Waals surface area contributed by atoms with E-state index in [9.17, 15) is 9.59 Å². The molecule has 0 radical (unpaired) electrons. The first-order chi connectivity index (χ1) is 11.5. The Morgan fingerprint density at radius 3 is 2.33 bits per heavy atom. The van der Waals surface area contributed by atoms with Crippen molar-refractivity contribution in [1.29, 1.82) is 0 Å². The number of benzene rings is 1. The van der Waals surface area contributed by atoms with Gasteiger partial charge >= 0.3 is 12.0 Å². The zero-order chi connectivity index (χ0) is 17.1. The van der Waals surface area contributed by atoms with E-state index in [0.29, 0.717) is 11.5 Å². The van der Waals surface area contributed by atoms with Gasteiger partial charge in [-0.2, -0.15) is 0 Å². The number of nitrogens with zero attached hydrogens (tertiary/aromatic N) is 3. The molecule has 1 atom stereocenters. The Kier molecular flexibility index (Phi) is 5.04. The highest BCUT2D eigenvalue weighted by Gasteiger charge is 2.30. The van der Waals surface area contributed by atoms with E-state index < -0.39 is 5.97 Å². The number of likely N-dealkylation sites (tertiary alicyclic amines) is 1. The van der Waals surface area contributed by atoms with E-state index in [-0.39, 0.29) is 6.03 Å². The van der Waals surface area contributed by atoms with Gasteiger partial charge in [0.15, 0.2) is 0 Å². The van der Waals surface area contributed by atoms with Gasteiger partial charge in [0, 0.05) is 39.3 Å². The fourth-order valence-electron chi connectivity index (χ4n) is 3.49. The predicted octanol–water partition coefficient (Wildman–Crippen LogP) is 1.62. The standard InChI is InChI=1S/C18H25N3O3/c1-19-8-10-20(11-9-19)18(24)21-7-6-15(13-21)12-14-2-4-16(5-3-14)17(22)23/h2-5,15H,6-13H2,1H3,(H,22,23)/t15-/m0/s1. The molecule has 1 N–H and O–H groups in total. The topological polar surface area (TPSA) is 64.1 Å². The minimum atomic E-state index is -0.897. The quantitative estimate of drug-likeness (QED) is 0.914. The van der Waals surface area contributed by atoms with Crippen LogP contribution in [0.1, 0.15) is 22.3 Å². The van der Waals surface area contributed by atoms with Gasteiger partial charge in [0.2, 0.25) is 0 Å². The summed E-state index contributed by atoms with van der Waals surface area (Å²) in [5.41, 5.74) is 1.45. The van der Waals surface area contributed by atoms with Crippen LogP contribution in [0.4, 0.5) is 4.79 Å². The van der Waals surface area contributed by atoms with Crippen LogP contribution >= 0.6 is 0 Å². The Morgan fingerprint density at radius 2 is 1.71 bits per heavy atom. The molecule has 2 aliphatic rings. The summed E-state index contributed by atoms with van der Waals surface area (Å²) in [7, 11) is 2.09. The van der Waals surface area contributed by atoms with E-state index in [1.54, 1.807) is 12.1 Å². The third-order valence-corrected chi connectivity index (χ3v) is 5.06. The van der Waals surface area contributed by atoms with Gasteiger partial charge in [0.05, 0.1) is 5.56 Å². The lowest BCUT2D eigenvalue weighted by Crippen LogP contribution is -2.51. The number of hydrogen-bond acceptors (Lipinski definition) is 3. The molecule has 6 heteroatoms. The van der Waals surface area contributed by atoms with Crippen LogP contribution in [0.3, 0.4) is 0 Å². The van der Waals surface area contributed by atoms with E-state index >= 15 is 0 Å². The van der Waals surface area contributed by atoms with Crippen molar-refractivity contribution in [1.82, 2.24) is 14.7 Å². The van der Waals surface area contributed by atoms with Gasteiger partial charge in [-0.15, -0.1) is 0 Å². The van der Waals surface area contributed by atoms with Crippen molar-refractivity contribution < 1.29 is 14.7 Å². The number of amides is 2. The maximum Gasteiger partial charge on any atom is 0.335 e. The zero-order valence-electron chi connectivity index (χ0n) is 14.1. The molecule has 6 nitrogen and oxygen atoms in total. The highest BCUT2D eigenvalue weighted by molar-refractivity contribution is 5.87. The molecule has 130 valence electrons. The Labute approximate surface area is 142 Å². The number of carboxylic acids is 1. The molecule has 2 heterocycles. The summed E-state index contributed by atoms with van der Waals surface area (Å²) in [5, 5.41) is 8.94. The number of hydrogen-bond donors (Lipinski definition) is 1. The smallest absolute Gasteiger partial charge is 0.335 e. The lowest BCUT2D eigenvalue weighted by molar-refractivity contribution is 0.0697. The Balaban J connectivity index is 1.51. The SMILES string of the molecule is CN1CCN(C(=O)N2CC[C@@H](Cc3ccc(C(=O)O)cc3)C2)CC1. The first kappa shape index (κ1) is 16.8. The van der Waals surface area contributed by atoms with E-state index in [1.165, 1.54) is 0 Å². The molecule has 2 aliphatic heterocycles. The summed E-state index contributed by atoms with van der Waals surface area (Å²) in [6.07, 6.45) is 1.91. The number of rotatable bonds is 3. The zero-order valence-corrected chi connectivity index (χ0v) is 14.1. The van der Waals surface area contributed by atoms with Crippen LogP contribution in [0, 0.1) is 5.92 Å². The second-order valence-corrected chi connectivity index (χ2v) is 6.88. The minimum absolute atomic E-state index is 0.173. The summed E-state index contributed by atoms with van der Waals surface area (Å²) < 4.78 is 0. The van der Waals surface area contributed by atoms with E-state index in [1.807, 2.05) is 21.9 Å². The monoisotopic (exact) mass is 331 g/mol. The van der Waals surface area contributed by atoms with Gasteiger partial charge in [-0.1, -0.05) is 12.1 Å². The first-order valence-electron chi connectivity index (χ1n) is 8.57. The van der Waals surface area contributed by atoms with Gasteiger partial charge in [-0.05, 0) is 43.5 Å². The molecule has 0 bridgehead atoms. The largest absolute Gasteiger partial charge is 0.478 e. The molecule has 3 rings (SSSR count). The molecule has 2 amide bonds. The summed E-state index contributed by atoms with van der Waals surface area (Å²) >= 11 is 0. The molecule has 2 saturated heterocycles. The van der Waals surface area contributed by atoms with Crippen molar-refractivity contribution in [2.75, 3.05) is 46.3 Å². The predicted molar refractivity (Wildman–Crippen MR) is 91.3 cm³/mol. The van der Waals surface area contributed by atoms with Crippen molar-refractivity contribution in [2.45, 2.75) is 12.8 Å². The Hall–Kier alpha value is -2.08. The Bertz CT molecular complexity index is 594. The highest BCUT2D eigenvalue weighted by atomic mass is 16.4. The maximum atomic E-state index is 12.6. The molecule has 0 aliphatic carbocycles. The first-order valence-corrected chi connectivity index (χ1v) is 8.57. The molecule has 1 aromatic rings. The number of piperazine rings is 1. The summed E-state index contributed by atoms with van der Waals surface area (Å²) in [6.45, 7) is 5.13. The van der Waals surface area contributed by atoms with Crippen LogP contribution in [0.15, 0.2) is 24.3 Å². The van der Waals surface area contributed by atoms with Crippen LogP contribution < -0.4 is 0 Å². The van der Waals surface area contributed by atoms with Gasteiger partial charge < -0.3 is 19.8 Å². The number of aromatic carboxylic acids is 1. The second-order valence-electron chi connectivity index (χ2n) is 6.88. The van der Waals surface area contributed by atoms with Crippen LogP contribution in [0.2, 0.25) is 0 Å². The van der Waals surface area contributed by atoms with Gasteiger partial charge in [0.25, 0.3) is 0 Å². The third-order valence-electron chi connectivity index (χ3n) is 5.06. The number of likely N-dealkylation sites (N-methyl/N-ethyl adjacent to an activating group) is 1. The fraction of sp³-hybridized carbons (Fsp3) is 0.556. The molecule has 0 spiro atoms. The average molecular weight is 331 g/mol. The molecular formula is C18H25N3O3. The summed E-state index contributed by atoms with van der Waals surface area (Å²) in [5.74, 6) is -0.441. The number of carboxylic acid groups (broad SMARTS) is 1. The van der Waals surface area contributed by atoms with Crippen molar-refractivity contribution in [3.05, 3.63) is 35.4 Å². The number of urea groups is 1. The van der Waals surface area contributed by atoms with Crippen molar-refractivity contribution in [2.24, 2.45) is 5.92 Å². The molecule has 24 heavy (non-hydrogen) atoms. The van der Waals surface area contributed by atoms with Crippen LogP contribution in [0.25, 0.3) is 0 Å². The average Bonchev–Trinajstić information content (AvgIpc) is 3.04. The van der Waals surface area contributed by atoms with Crippen LogP contribution in [-0.4, -0.2) is 78.1 Å². The maximum absolute atomic E-state index is 12.6. The van der Waals surface area contributed by atoms with Gasteiger partial charge in [0.1, 0.15) is 0 Å². The van der Waals surface area contributed by atoms with E-state index in [4.69, 9.17) is 5.11 Å². The summed E-state index contributed by atoms with van der Waals surface area (Å²) in [4.78, 5) is 29.7. The minimum Gasteiger partial charge on any atom is -0.478 e. The van der Waals surface area contributed by atoms with Crippen molar-refractivity contribution in [3.8, 4) is 0 Å². The van der Waals surface area contributed by atoms with Crippen LogP contribution in [0.5, 0.6) is 0 Å². The lowest BCUT2D eigenvalue weighted by Gasteiger charge is -2.35. The number of carbonyl (C=O) groups is 2. The Morgan fingerprint density at radius 1 is 1.04 bits per heavy atom. The molecule has 0 unspecified atom stereocenters. The fourth-order valence-corrected chi connectivity index (χ4v) is 3.49. The molecule has 2 fully saturated rings. The lowest BCUT2D eigenvalue weighted by atomic mass is 9.98. The molecule has 0 saturated carbocycles. The highest BCUT2D eigenvalue weighted by Crippen LogP contribution is 2.22. The molecule has 0 aromatic heterocycles. The van der Waals surface area contributed by atoms with Crippen LogP contribution in [-0.2, 0) is 6.42 Å². The molecular weight excluding hydrogens is 306 g/mol. The van der Waals surface area contributed by atoms with Gasteiger partial charge in [-0.25, -0.2) is 9.59 Å². The van der Waals surface area contributed by atoms with Gasteiger partial charge in [-0.3, -0.25) is 0 Å². The van der Waals surface area contributed by atoms with E-state index in [0.717, 1.165) is 57.7 Å².